The van der Waals surface area contributed by atoms with Gasteiger partial charge in [-0.1, -0.05) is 185 Å². The number of hydrogen-bond donors (Lipinski definition) is 0. The van der Waals surface area contributed by atoms with E-state index in [0.717, 1.165) is 88.5 Å². The summed E-state index contributed by atoms with van der Waals surface area (Å²) >= 11 is 0. The standard InChI is InChI=1S/C68H48N4/c1-67(2)58-17-9-7-15-52(58)54-31-29-45(37-60(54)67)49-35-56(46-30-32-55-53-16-8-10-18-59(53)68(3,4)61(55)38-46)65-57(36-49)64(43-25-21-41(22-26-43)50-33-47-13-5-11-19-62(47)69-39-50)71-66(72-65)44-27-23-42(24-28-44)51-34-48-14-6-12-20-63(48)70-40-51/h5-40H,1-4H3. The average Bonchev–Trinajstić information content (AvgIpc) is 3.81. The van der Waals surface area contributed by atoms with Gasteiger partial charge < -0.3 is 0 Å². The van der Waals surface area contributed by atoms with Crippen LogP contribution in [0, 0.1) is 0 Å². The molecule has 2 aliphatic rings. The fourth-order valence-corrected chi connectivity index (χ4v) is 11.8. The van der Waals surface area contributed by atoms with Crippen LogP contribution in [0.5, 0.6) is 0 Å². The molecule has 340 valence electrons. The first-order valence-corrected chi connectivity index (χ1v) is 24.9. The van der Waals surface area contributed by atoms with E-state index in [1.807, 2.05) is 24.5 Å². The zero-order chi connectivity index (χ0) is 48.3. The highest BCUT2D eigenvalue weighted by Crippen LogP contribution is 2.52. The number of pyridine rings is 2. The van der Waals surface area contributed by atoms with Crippen LogP contribution in [0.25, 0.3) is 122 Å². The number of nitrogens with zero attached hydrogens (tertiary/aromatic N) is 4. The van der Waals surface area contributed by atoms with Crippen molar-refractivity contribution in [3.8, 4) is 89.4 Å². The lowest BCUT2D eigenvalue weighted by atomic mass is 9.81. The highest BCUT2D eigenvalue weighted by molar-refractivity contribution is 6.05. The van der Waals surface area contributed by atoms with E-state index in [-0.39, 0.29) is 10.8 Å². The van der Waals surface area contributed by atoms with E-state index < -0.39 is 0 Å². The molecule has 9 aromatic carbocycles. The van der Waals surface area contributed by atoms with E-state index in [9.17, 15) is 0 Å². The fraction of sp³-hybridized carbons (Fsp3) is 0.0882. The van der Waals surface area contributed by atoms with Crippen LogP contribution < -0.4 is 0 Å². The third-order valence-electron chi connectivity index (χ3n) is 15.8. The zero-order valence-corrected chi connectivity index (χ0v) is 40.6. The maximum Gasteiger partial charge on any atom is 0.160 e. The van der Waals surface area contributed by atoms with Crippen molar-refractivity contribution in [2.75, 3.05) is 0 Å². The fourth-order valence-electron chi connectivity index (χ4n) is 11.8. The van der Waals surface area contributed by atoms with Gasteiger partial charge in [-0.15, -0.1) is 0 Å². The molecule has 0 N–H and O–H groups in total. The lowest BCUT2D eigenvalue weighted by molar-refractivity contribution is 0.660. The molecule has 0 atom stereocenters. The molecule has 0 saturated heterocycles. The maximum atomic E-state index is 5.63. The molecular formula is C68H48N4. The summed E-state index contributed by atoms with van der Waals surface area (Å²) in [6.45, 7) is 9.42. The number of aromatic nitrogens is 4. The van der Waals surface area contributed by atoms with Crippen molar-refractivity contribution < 1.29 is 0 Å². The molecule has 4 nitrogen and oxygen atoms in total. The molecule has 72 heavy (non-hydrogen) atoms. The number of fused-ring (bicyclic) bond motifs is 9. The molecule has 0 aliphatic heterocycles. The smallest absolute Gasteiger partial charge is 0.160 e. The molecule has 3 aromatic heterocycles. The van der Waals surface area contributed by atoms with Gasteiger partial charge in [0.15, 0.2) is 5.82 Å². The first kappa shape index (κ1) is 42.1. The predicted octanol–water partition coefficient (Wildman–Crippen LogP) is 17.3. The summed E-state index contributed by atoms with van der Waals surface area (Å²) in [6, 6.07) is 75.0. The number of benzene rings is 9. The highest BCUT2D eigenvalue weighted by atomic mass is 14.9. The Morgan fingerprint density at radius 3 is 1.35 bits per heavy atom. The Morgan fingerprint density at radius 1 is 0.306 bits per heavy atom. The number of rotatable bonds is 6. The Kier molecular flexibility index (Phi) is 9.25. The second kappa shape index (κ2) is 15.8. The van der Waals surface area contributed by atoms with E-state index in [1.54, 1.807) is 0 Å². The Balaban J connectivity index is 0.988. The Morgan fingerprint density at radius 2 is 0.764 bits per heavy atom. The van der Waals surface area contributed by atoms with Gasteiger partial charge in [0.25, 0.3) is 0 Å². The third kappa shape index (κ3) is 6.59. The summed E-state index contributed by atoms with van der Waals surface area (Å²) in [5.41, 5.74) is 24.8. The summed E-state index contributed by atoms with van der Waals surface area (Å²) in [7, 11) is 0. The monoisotopic (exact) mass is 920 g/mol. The first-order chi connectivity index (χ1) is 35.2. The van der Waals surface area contributed by atoms with E-state index in [2.05, 4.69) is 222 Å². The average molecular weight is 921 g/mol. The first-order valence-electron chi connectivity index (χ1n) is 24.9. The lowest BCUT2D eigenvalue weighted by Gasteiger charge is -2.23. The zero-order valence-electron chi connectivity index (χ0n) is 40.6. The summed E-state index contributed by atoms with van der Waals surface area (Å²) in [6.07, 6.45) is 3.93. The van der Waals surface area contributed by atoms with Crippen molar-refractivity contribution in [3.05, 3.63) is 241 Å². The van der Waals surface area contributed by atoms with Gasteiger partial charge >= 0.3 is 0 Å². The van der Waals surface area contributed by atoms with Gasteiger partial charge in [-0.05, 0) is 121 Å². The van der Waals surface area contributed by atoms with Crippen LogP contribution in [0.15, 0.2) is 219 Å². The molecule has 0 radical (unpaired) electrons. The molecule has 0 unspecified atom stereocenters. The van der Waals surface area contributed by atoms with Gasteiger partial charge in [0.2, 0.25) is 0 Å². The molecule has 3 heterocycles. The van der Waals surface area contributed by atoms with Crippen molar-refractivity contribution in [1.82, 2.24) is 19.9 Å². The molecule has 12 aromatic rings. The van der Waals surface area contributed by atoms with Crippen LogP contribution in [0.4, 0.5) is 0 Å². The van der Waals surface area contributed by atoms with E-state index >= 15 is 0 Å². The topological polar surface area (TPSA) is 51.6 Å². The van der Waals surface area contributed by atoms with E-state index in [1.165, 1.54) is 50.1 Å². The SMILES string of the molecule is CC1(C)c2ccccc2-c2ccc(-c3cc(-c4ccc5c(c4)C(C)(C)c4ccccc4-5)c4nc(-c5ccc(-c6cnc7ccccc7c6)cc5)nc(-c5ccc(-c6cnc7ccccc7c6)cc5)c4c3)cc21. The van der Waals surface area contributed by atoms with Crippen LogP contribution in [0.2, 0.25) is 0 Å². The number of para-hydroxylation sites is 2. The van der Waals surface area contributed by atoms with E-state index in [4.69, 9.17) is 19.9 Å². The minimum absolute atomic E-state index is 0.145. The van der Waals surface area contributed by atoms with E-state index in [0.29, 0.717) is 5.82 Å². The van der Waals surface area contributed by atoms with Gasteiger partial charge in [0.05, 0.1) is 22.2 Å². The minimum atomic E-state index is -0.175. The molecule has 0 bridgehead atoms. The molecule has 2 aliphatic carbocycles. The van der Waals surface area contributed by atoms with Crippen molar-refractivity contribution in [1.29, 1.82) is 0 Å². The van der Waals surface area contributed by atoms with Crippen LogP contribution >= 0.6 is 0 Å². The second-order valence-electron chi connectivity index (χ2n) is 20.7. The van der Waals surface area contributed by atoms with Gasteiger partial charge in [-0.25, -0.2) is 9.97 Å². The molecule has 0 saturated carbocycles. The summed E-state index contributed by atoms with van der Waals surface area (Å²) in [4.78, 5) is 20.8. The van der Waals surface area contributed by atoms with Crippen LogP contribution in [-0.4, -0.2) is 19.9 Å². The molecule has 0 amide bonds. The molecular weight excluding hydrogens is 873 g/mol. The third-order valence-corrected chi connectivity index (χ3v) is 15.8. The van der Waals surface area contributed by atoms with Crippen LogP contribution in [-0.2, 0) is 10.8 Å². The number of hydrogen-bond acceptors (Lipinski definition) is 4. The normalized spacial score (nSPS) is 13.8. The van der Waals surface area contributed by atoms with Gasteiger partial charge in [0.1, 0.15) is 0 Å². The summed E-state index contributed by atoms with van der Waals surface area (Å²) < 4.78 is 0. The van der Waals surface area contributed by atoms with Crippen LogP contribution in [0.3, 0.4) is 0 Å². The minimum Gasteiger partial charge on any atom is -0.256 e. The van der Waals surface area contributed by atoms with Crippen molar-refractivity contribution >= 4 is 32.7 Å². The highest BCUT2D eigenvalue weighted by Gasteiger charge is 2.37. The van der Waals surface area contributed by atoms with Crippen molar-refractivity contribution in [3.63, 3.8) is 0 Å². The Labute approximate surface area is 419 Å². The molecule has 0 spiro atoms. The quantitative estimate of drug-likeness (QED) is 0.167. The van der Waals surface area contributed by atoms with Crippen LogP contribution in [0.1, 0.15) is 49.9 Å². The maximum absolute atomic E-state index is 5.63. The molecule has 4 heteroatoms. The summed E-state index contributed by atoms with van der Waals surface area (Å²) in [5, 5.41) is 3.23. The Bertz CT molecular complexity index is 4200. The van der Waals surface area contributed by atoms with Crippen molar-refractivity contribution in [2.24, 2.45) is 0 Å². The van der Waals surface area contributed by atoms with Gasteiger partial charge in [-0.3, -0.25) is 9.97 Å². The summed E-state index contributed by atoms with van der Waals surface area (Å²) in [5.74, 6) is 0.670. The van der Waals surface area contributed by atoms with Gasteiger partial charge in [-0.2, -0.15) is 0 Å². The molecule has 0 fully saturated rings. The van der Waals surface area contributed by atoms with Crippen molar-refractivity contribution in [2.45, 2.75) is 38.5 Å². The second-order valence-corrected chi connectivity index (χ2v) is 20.7. The lowest BCUT2D eigenvalue weighted by Crippen LogP contribution is -2.15. The molecule has 14 rings (SSSR count). The predicted molar refractivity (Wildman–Crippen MR) is 298 cm³/mol. The Hall–Kier alpha value is -8.86. The van der Waals surface area contributed by atoms with Gasteiger partial charge in [0, 0.05) is 67.2 Å². The largest absolute Gasteiger partial charge is 0.256 e.